The summed E-state index contributed by atoms with van der Waals surface area (Å²) >= 11 is 0. The molecule has 1 aliphatic heterocycles. The van der Waals surface area contributed by atoms with Gasteiger partial charge in [-0.15, -0.1) is 0 Å². The van der Waals surface area contributed by atoms with Crippen molar-refractivity contribution in [1.82, 2.24) is 15.8 Å². The smallest absolute Gasteiger partial charge is 0.326 e. The van der Waals surface area contributed by atoms with E-state index in [2.05, 4.69) is 10.7 Å². The first-order valence-electron chi connectivity index (χ1n) is 9.83. The third kappa shape index (κ3) is 5.01. The van der Waals surface area contributed by atoms with E-state index in [9.17, 15) is 18.8 Å². The van der Waals surface area contributed by atoms with Crippen molar-refractivity contribution < 1.29 is 23.7 Å². The van der Waals surface area contributed by atoms with Crippen molar-refractivity contribution >= 4 is 17.8 Å². The molecule has 0 bridgehead atoms. The molecular formula is C22H26FN4O3+. The minimum atomic E-state index is -1.09. The van der Waals surface area contributed by atoms with Crippen LogP contribution in [0.5, 0.6) is 0 Å². The highest BCUT2D eigenvalue weighted by Gasteiger charge is 2.48. The van der Waals surface area contributed by atoms with E-state index >= 15 is 0 Å². The van der Waals surface area contributed by atoms with Crippen LogP contribution in [0.1, 0.15) is 24.5 Å². The minimum Gasteiger partial charge on any atom is -0.326 e. The quantitative estimate of drug-likeness (QED) is 0.561. The van der Waals surface area contributed by atoms with Crippen LogP contribution in [-0.2, 0) is 22.6 Å². The number of likely N-dealkylation sites (N-methyl/N-ethyl adjacent to an activating group) is 1. The molecule has 158 valence electrons. The molecule has 1 fully saturated rings. The standard InChI is InChI=1S/C22H25FN4O3/c1-22(13-12-16-8-4-3-5-9-16)20(29)27(21(30)24-22)25-19(28)15-26(2)14-17-10-6-7-11-18(17)23/h3-11H,12-15H2,1-2H3,(H,24,30)(H,25,28)/p+1/t22-/m0/s1. The van der Waals surface area contributed by atoms with E-state index in [1.807, 2.05) is 30.3 Å². The highest BCUT2D eigenvalue weighted by molar-refractivity contribution is 6.07. The highest BCUT2D eigenvalue weighted by Crippen LogP contribution is 2.22. The molecule has 4 amide bonds. The van der Waals surface area contributed by atoms with E-state index in [1.165, 1.54) is 6.07 Å². The molecule has 0 saturated carbocycles. The molecule has 1 aliphatic rings. The maximum absolute atomic E-state index is 13.8. The number of nitrogens with one attached hydrogen (secondary N) is 3. The van der Waals surface area contributed by atoms with Crippen LogP contribution in [0, 0.1) is 5.82 Å². The van der Waals surface area contributed by atoms with Gasteiger partial charge in [0.2, 0.25) is 0 Å². The van der Waals surface area contributed by atoms with Gasteiger partial charge in [0.25, 0.3) is 11.8 Å². The third-order valence-electron chi connectivity index (χ3n) is 5.17. The number of quaternary nitrogens is 1. The van der Waals surface area contributed by atoms with Crippen molar-refractivity contribution in [3.63, 3.8) is 0 Å². The van der Waals surface area contributed by atoms with Gasteiger partial charge in [0.05, 0.1) is 7.05 Å². The van der Waals surface area contributed by atoms with Gasteiger partial charge < -0.3 is 10.2 Å². The summed E-state index contributed by atoms with van der Waals surface area (Å²) < 4.78 is 13.8. The van der Waals surface area contributed by atoms with Gasteiger partial charge in [-0.2, -0.15) is 5.01 Å². The zero-order chi connectivity index (χ0) is 21.7. The lowest BCUT2D eigenvalue weighted by Crippen LogP contribution is -3.09. The molecule has 1 unspecified atom stereocenters. The van der Waals surface area contributed by atoms with Gasteiger partial charge >= 0.3 is 6.03 Å². The van der Waals surface area contributed by atoms with Crippen LogP contribution in [0.25, 0.3) is 0 Å². The Balaban J connectivity index is 1.55. The molecule has 3 N–H and O–H groups in total. The molecule has 2 atom stereocenters. The molecule has 0 aromatic heterocycles. The number of hydrazine groups is 1. The maximum Gasteiger partial charge on any atom is 0.344 e. The molecule has 8 heteroatoms. The molecule has 7 nitrogen and oxygen atoms in total. The Morgan fingerprint density at radius 1 is 1.13 bits per heavy atom. The van der Waals surface area contributed by atoms with Gasteiger partial charge in [-0.05, 0) is 31.4 Å². The van der Waals surface area contributed by atoms with Gasteiger partial charge in [0, 0.05) is 5.56 Å². The predicted octanol–water partition coefficient (Wildman–Crippen LogP) is 0.815. The van der Waals surface area contributed by atoms with E-state index in [0.717, 1.165) is 15.5 Å². The van der Waals surface area contributed by atoms with E-state index in [-0.39, 0.29) is 12.4 Å². The monoisotopic (exact) mass is 413 g/mol. The molecule has 1 heterocycles. The number of nitrogens with zero attached hydrogens (tertiary/aromatic N) is 1. The Hall–Kier alpha value is -3.26. The lowest BCUT2D eigenvalue weighted by atomic mass is 9.93. The van der Waals surface area contributed by atoms with Crippen molar-refractivity contribution in [1.29, 1.82) is 0 Å². The number of rotatable bonds is 8. The molecule has 0 aliphatic carbocycles. The number of hydrogen-bond donors (Lipinski definition) is 3. The van der Waals surface area contributed by atoms with Crippen molar-refractivity contribution in [2.75, 3.05) is 13.6 Å². The Labute approximate surface area is 174 Å². The zero-order valence-corrected chi connectivity index (χ0v) is 17.1. The van der Waals surface area contributed by atoms with Gasteiger partial charge in [0.1, 0.15) is 17.9 Å². The lowest BCUT2D eigenvalue weighted by molar-refractivity contribution is -0.885. The number of amides is 4. The molecule has 0 spiro atoms. The second-order valence-electron chi connectivity index (χ2n) is 7.83. The summed E-state index contributed by atoms with van der Waals surface area (Å²) in [7, 11) is 1.74. The summed E-state index contributed by atoms with van der Waals surface area (Å²) in [4.78, 5) is 38.2. The summed E-state index contributed by atoms with van der Waals surface area (Å²) in [5, 5.41) is 3.41. The third-order valence-corrected chi connectivity index (χ3v) is 5.17. The van der Waals surface area contributed by atoms with Crippen molar-refractivity contribution in [3.8, 4) is 0 Å². The Kier molecular flexibility index (Phi) is 6.47. The van der Waals surface area contributed by atoms with Crippen LogP contribution < -0.4 is 15.6 Å². The first kappa shape index (κ1) is 21.4. The van der Waals surface area contributed by atoms with E-state index in [1.54, 1.807) is 32.2 Å². The Morgan fingerprint density at radius 2 is 1.80 bits per heavy atom. The first-order chi connectivity index (χ1) is 14.3. The number of carbonyl (C=O) groups is 3. The first-order valence-corrected chi connectivity index (χ1v) is 9.83. The van der Waals surface area contributed by atoms with Crippen molar-refractivity contribution in [3.05, 3.63) is 71.5 Å². The van der Waals surface area contributed by atoms with Gasteiger partial charge in [-0.3, -0.25) is 15.0 Å². The maximum atomic E-state index is 13.8. The molecular weight excluding hydrogens is 387 g/mol. The van der Waals surface area contributed by atoms with Crippen LogP contribution in [0.3, 0.4) is 0 Å². The molecule has 30 heavy (non-hydrogen) atoms. The molecule has 0 radical (unpaired) electrons. The van der Waals surface area contributed by atoms with Crippen LogP contribution in [0.15, 0.2) is 54.6 Å². The molecule has 2 aromatic carbocycles. The van der Waals surface area contributed by atoms with Crippen molar-refractivity contribution in [2.45, 2.75) is 31.8 Å². The molecule has 2 aromatic rings. The number of halogens is 1. The predicted molar refractivity (Wildman–Crippen MR) is 109 cm³/mol. The number of imide groups is 1. The number of urea groups is 1. The number of carbonyl (C=O) groups excluding carboxylic acids is 3. The average Bonchev–Trinajstić information content (AvgIpc) is 2.92. The van der Waals surface area contributed by atoms with E-state index < -0.39 is 23.4 Å². The van der Waals surface area contributed by atoms with Crippen LogP contribution in [-0.4, -0.2) is 42.0 Å². The fourth-order valence-corrected chi connectivity index (χ4v) is 3.46. The second kappa shape index (κ2) is 9.04. The topological polar surface area (TPSA) is 82.9 Å². The fourth-order valence-electron chi connectivity index (χ4n) is 3.46. The van der Waals surface area contributed by atoms with Crippen LogP contribution in [0.4, 0.5) is 9.18 Å². The van der Waals surface area contributed by atoms with Crippen LogP contribution in [0.2, 0.25) is 0 Å². The number of hydrogen-bond acceptors (Lipinski definition) is 3. The van der Waals surface area contributed by atoms with Gasteiger partial charge in [-0.1, -0.05) is 48.5 Å². The van der Waals surface area contributed by atoms with Gasteiger partial charge in [-0.25, -0.2) is 9.18 Å². The Bertz CT molecular complexity index is 937. The van der Waals surface area contributed by atoms with Gasteiger partial charge in [0.15, 0.2) is 6.54 Å². The lowest BCUT2D eigenvalue weighted by Gasteiger charge is -2.22. The fraction of sp³-hybridized carbons (Fsp3) is 0.318. The Morgan fingerprint density at radius 3 is 2.50 bits per heavy atom. The molecule has 1 saturated heterocycles. The van der Waals surface area contributed by atoms with E-state index in [4.69, 9.17) is 0 Å². The normalized spacial score (nSPS) is 19.5. The highest BCUT2D eigenvalue weighted by atomic mass is 19.1. The summed E-state index contributed by atoms with van der Waals surface area (Å²) in [6.07, 6.45) is 1.02. The molecule has 3 rings (SSSR count). The number of benzene rings is 2. The average molecular weight is 413 g/mol. The summed E-state index contributed by atoms with van der Waals surface area (Å²) in [6, 6.07) is 15.4. The zero-order valence-electron chi connectivity index (χ0n) is 17.1. The SMILES string of the molecule is C[NH+](CC(=O)NN1C(=O)N[C@@](C)(CCc2ccccc2)C1=O)Cc1ccccc1F. The summed E-state index contributed by atoms with van der Waals surface area (Å²) in [5.41, 5.74) is 2.84. The largest absolute Gasteiger partial charge is 0.344 e. The summed E-state index contributed by atoms with van der Waals surface area (Å²) in [6.45, 7) is 1.93. The van der Waals surface area contributed by atoms with E-state index in [0.29, 0.717) is 24.9 Å². The second-order valence-corrected chi connectivity index (χ2v) is 7.83. The minimum absolute atomic E-state index is 0.0217. The van der Waals surface area contributed by atoms with Crippen molar-refractivity contribution in [2.24, 2.45) is 0 Å². The summed E-state index contributed by atoms with van der Waals surface area (Å²) in [5.74, 6) is -1.33. The van der Waals surface area contributed by atoms with Crippen LogP contribution >= 0.6 is 0 Å². The number of aryl methyl sites for hydroxylation is 1.